The fourth-order valence-electron chi connectivity index (χ4n) is 4.51. The summed E-state index contributed by atoms with van der Waals surface area (Å²) in [5.74, 6) is 1.31. The molecule has 0 spiro atoms. The summed E-state index contributed by atoms with van der Waals surface area (Å²) in [6.07, 6.45) is 3.41. The van der Waals surface area contributed by atoms with E-state index >= 15 is 0 Å². The van der Waals surface area contributed by atoms with Crippen LogP contribution in [0.25, 0.3) is 10.5 Å². The number of nitrogens with one attached hydrogen (secondary N) is 2. The fraction of sp³-hybridized carbons (Fsp3) is 0.435. The Kier molecular flexibility index (Phi) is 6.20. The zero-order chi connectivity index (χ0) is 23.7. The van der Waals surface area contributed by atoms with E-state index in [1.54, 1.807) is 6.07 Å². The van der Waals surface area contributed by atoms with Gasteiger partial charge in [0, 0.05) is 6.54 Å². The number of fused-ring (bicyclic) bond motifs is 1. The van der Waals surface area contributed by atoms with E-state index in [9.17, 15) is 5.26 Å². The van der Waals surface area contributed by atoms with Crippen LogP contribution in [0, 0.1) is 17.9 Å². The third-order valence-corrected chi connectivity index (χ3v) is 6.81. The van der Waals surface area contributed by atoms with Crippen LogP contribution in [0.3, 0.4) is 0 Å². The molecule has 11 heteroatoms. The van der Waals surface area contributed by atoms with E-state index in [1.807, 2.05) is 13.0 Å². The van der Waals surface area contributed by atoms with Crippen molar-refractivity contribution in [2.75, 3.05) is 43.5 Å². The zero-order valence-corrected chi connectivity index (χ0v) is 19.5. The second-order valence-corrected chi connectivity index (χ2v) is 8.82. The molecule has 1 aromatic carbocycles. The summed E-state index contributed by atoms with van der Waals surface area (Å²) in [5, 5.41) is 21.0. The van der Waals surface area contributed by atoms with Crippen LogP contribution in [0.1, 0.15) is 36.8 Å². The van der Waals surface area contributed by atoms with Crippen LogP contribution in [0.2, 0.25) is 5.02 Å². The van der Waals surface area contributed by atoms with Gasteiger partial charge >= 0.3 is 0 Å². The summed E-state index contributed by atoms with van der Waals surface area (Å²) in [5.41, 5.74) is 2.52. The number of likely N-dealkylation sites (tertiary alicyclic amines) is 1. The number of nitriles is 1. The van der Waals surface area contributed by atoms with Gasteiger partial charge in [0.25, 0.3) is 17.4 Å². The predicted octanol–water partition coefficient (Wildman–Crippen LogP) is 3.95. The fourth-order valence-corrected chi connectivity index (χ4v) is 4.83. The molecule has 2 aliphatic rings. The Labute approximate surface area is 202 Å². The molecule has 2 aliphatic heterocycles. The first-order valence-electron chi connectivity index (χ1n) is 11.3. The Hall–Kier alpha value is -3.44. The van der Waals surface area contributed by atoms with E-state index in [0.29, 0.717) is 40.3 Å². The Balaban J connectivity index is 1.46. The highest BCUT2D eigenvalue weighted by Crippen LogP contribution is 2.39. The van der Waals surface area contributed by atoms with Crippen LogP contribution in [0.4, 0.5) is 23.3 Å². The molecule has 10 nitrogen and oxygen atoms in total. The molecule has 174 valence electrons. The van der Waals surface area contributed by atoms with Crippen LogP contribution in [-0.2, 0) is 4.74 Å². The number of ether oxygens (including phenoxy) is 1. The topological polar surface area (TPSA) is 108 Å². The lowest BCUT2D eigenvalue weighted by molar-refractivity contribution is -0.0712. The van der Waals surface area contributed by atoms with Crippen molar-refractivity contribution in [3.63, 3.8) is 0 Å². The number of aromatic nitrogens is 4. The van der Waals surface area contributed by atoms with Crippen molar-refractivity contribution >= 4 is 40.5 Å². The van der Waals surface area contributed by atoms with Gasteiger partial charge in [-0.05, 0) is 56.5 Å². The average Bonchev–Trinajstić information content (AvgIpc) is 3.23. The summed E-state index contributed by atoms with van der Waals surface area (Å²) >= 11 is 6.87. The van der Waals surface area contributed by atoms with Crippen molar-refractivity contribution < 1.29 is 4.74 Å². The molecule has 34 heavy (non-hydrogen) atoms. The number of imidazole rings is 1. The number of benzene rings is 1. The number of piperidine rings is 1. The maximum atomic E-state index is 9.66. The summed E-state index contributed by atoms with van der Waals surface area (Å²) in [6.45, 7) is 13.6. The summed E-state index contributed by atoms with van der Waals surface area (Å²) in [6, 6.07) is 6.37. The third kappa shape index (κ3) is 4.12. The maximum absolute atomic E-state index is 9.66. The Morgan fingerprint density at radius 1 is 1.32 bits per heavy atom. The van der Waals surface area contributed by atoms with Gasteiger partial charge in [-0.25, -0.2) is 4.98 Å². The van der Waals surface area contributed by atoms with Crippen LogP contribution in [-0.4, -0.2) is 63.4 Å². The van der Waals surface area contributed by atoms with Gasteiger partial charge in [-0.15, -0.1) is 4.52 Å². The summed E-state index contributed by atoms with van der Waals surface area (Å²) < 4.78 is 6.78. The van der Waals surface area contributed by atoms with Crippen LogP contribution < -0.4 is 10.6 Å². The van der Waals surface area contributed by atoms with Gasteiger partial charge in [0.1, 0.15) is 0 Å². The van der Waals surface area contributed by atoms with E-state index in [0.717, 1.165) is 44.7 Å². The van der Waals surface area contributed by atoms with Gasteiger partial charge in [0.2, 0.25) is 0 Å². The van der Waals surface area contributed by atoms with Crippen molar-refractivity contribution in [3.8, 4) is 6.07 Å². The van der Waals surface area contributed by atoms with E-state index in [1.165, 1.54) is 10.7 Å². The van der Waals surface area contributed by atoms with Gasteiger partial charge in [-0.3, -0.25) is 4.90 Å². The quantitative estimate of drug-likeness (QED) is 0.514. The Bertz CT molecular complexity index is 1300. The van der Waals surface area contributed by atoms with E-state index in [-0.39, 0.29) is 17.7 Å². The number of hydrogen-bond acceptors (Lipinski definition) is 8. The van der Waals surface area contributed by atoms with Crippen molar-refractivity contribution in [1.29, 1.82) is 5.26 Å². The number of anilines is 3. The molecule has 0 amide bonds. The molecule has 0 saturated carbocycles. The second kappa shape index (κ2) is 9.43. The summed E-state index contributed by atoms with van der Waals surface area (Å²) in [7, 11) is 0. The van der Waals surface area contributed by atoms with Crippen molar-refractivity contribution in [2.24, 2.45) is 0 Å². The number of hydrogen-bond donors (Lipinski definition) is 2. The normalized spacial score (nSPS) is 17.2. The first kappa shape index (κ1) is 22.4. The molecule has 3 aromatic rings. The molecule has 0 radical (unpaired) electrons. The lowest BCUT2D eigenvalue weighted by Gasteiger charge is -2.41. The molecule has 0 atom stereocenters. The van der Waals surface area contributed by atoms with Gasteiger partial charge in [-0.1, -0.05) is 23.3 Å². The highest BCUT2D eigenvalue weighted by atomic mass is 35.5. The average molecular weight is 478 g/mol. The molecular formula is C23H24ClN9O. The van der Waals surface area contributed by atoms with Crippen LogP contribution in [0.5, 0.6) is 0 Å². The standard InChI is InChI=1S/C23H24ClN9O/c1-3-27-21-22-28-11-19(26-2)33(22)31-23(30-21)29-18-9-14(10-25)8-17(20(18)24)15-4-6-32(7-5-15)16-12-34-13-16/h8-9,11,15-16H,3-7,12-13H2,1H3,(H2,27,29,30,31). The minimum Gasteiger partial charge on any atom is -0.378 e. The molecule has 2 aromatic heterocycles. The minimum atomic E-state index is 0.258. The highest BCUT2D eigenvalue weighted by molar-refractivity contribution is 6.34. The number of nitrogens with zero attached hydrogens (tertiary/aromatic N) is 7. The van der Waals surface area contributed by atoms with Gasteiger partial charge in [0.15, 0.2) is 5.82 Å². The summed E-state index contributed by atoms with van der Waals surface area (Å²) in [4.78, 5) is 14.8. The zero-order valence-electron chi connectivity index (χ0n) is 18.8. The molecule has 4 heterocycles. The smallest absolute Gasteiger partial charge is 0.275 e. The Morgan fingerprint density at radius 2 is 2.12 bits per heavy atom. The van der Waals surface area contributed by atoms with E-state index in [4.69, 9.17) is 22.9 Å². The molecule has 2 fully saturated rings. The molecule has 0 aliphatic carbocycles. The first-order valence-corrected chi connectivity index (χ1v) is 11.7. The molecule has 0 bridgehead atoms. The van der Waals surface area contributed by atoms with Crippen molar-refractivity contribution in [3.05, 3.63) is 45.9 Å². The van der Waals surface area contributed by atoms with Crippen molar-refractivity contribution in [2.45, 2.75) is 31.7 Å². The predicted molar refractivity (Wildman–Crippen MR) is 129 cm³/mol. The van der Waals surface area contributed by atoms with Crippen LogP contribution >= 0.6 is 11.6 Å². The van der Waals surface area contributed by atoms with E-state index in [2.05, 4.69) is 41.5 Å². The molecular weight excluding hydrogens is 454 g/mol. The molecule has 0 unspecified atom stereocenters. The second-order valence-electron chi connectivity index (χ2n) is 8.44. The minimum absolute atomic E-state index is 0.258. The van der Waals surface area contributed by atoms with Crippen LogP contribution in [0.15, 0.2) is 18.3 Å². The highest BCUT2D eigenvalue weighted by Gasteiger charge is 2.31. The first-order chi connectivity index (χ1) is 16.6. The van der Waals surface area contributed by atoms with Gasteiger partial charge in [-0.2, -0.15) is 10.2 Å². The monoisotopic (exact) mass is 477 g/mol. The molecule has 2 saturated heterocycles. The third-order valence-electron chi connectivity index (χ3n) is 6.39. The molecule has 5 rings (SSSR count). The SMILES string of the molecule is [C-]#[N+]c1cnc2c(NCC)nc(Nc3cc(C#N)cc(C4CCN(C5COC5)CC4)c3Cl)nn12. The molecule has 2 N–H and O–H groups in total. The van der Waals surface area contributed by atoms with Crippen molar-refractivity contribution in [1.82, 2.24) is 24.5 Å². The van der Waals surface area contributed by atoms with Gasteiger partial charge < -0.3 is 20.2 Å². The Morgan fingerprint density at radius 3 is 2.76 bits per heavy atom. The lowest BCUT2D eigenvalue weighted by Crippen LogP contribution is -2.51. The largest absolute Gasteiger partial charge is 0.378 e. The maximum Gasteiger partial charge on any atom is 0.275 e. The van der Waals surface area contributed by atoms with E-state index < -0.39 is 0 Å². The number of rotatable bonds is 6. The van der Waals surface area contributed by atoms with Gasteiger partial charge in [0.05, 0.1) is 47.8 Å². The lowest BCUT2D eigenvalue weighted by atomic mass is 9.87. The number of halogens is 1.